The summed E-state index contributed by atoms with van der Waals surface area (Å²) in [5, 5.41) is 0. The Morgan fingerprint density at radius 1 is 1.07 bits per heavy atom. The van der Waals surface area contributed by atoms with Gasteiger partial charge in [0, 0.05) is 19.6 Å². The topological polar surface area (TPSA) is 49.9 Å². The molecule has 0 aromatic heterocycles. The normalized spacial score (nSPS) is 23.0. The summed E-state index contributed by atoms with van der Waals surface area (Å²) in [7, 11) is 0. The van der Waals surface area contributed by atoms with Crippen molar-refractivity contribution < 1.29 is 18.7 Å². The molecule has 29 heavy (non-hydrogen) atoms. The van der Waals surface area contributed by atoms with E-state index >= 15 is 0 Å². The summed E-state index contributed by atoms with van der Waals surface area (Å²) in [4.78, 5) is 29.5. The molecular formula is C23H33FN2O3. The third-order valence-electron chi connectivity index (χ3n) is 5.68. The Kier molecular flexibility index (Phi) is 6.81. The van der Waals surface area contributed by atoms with Gasteiger partial charge in [0.25, 0.3) is 0 Å². The van der Waals surface area contributed by atoms with Crippen LogP contribution in [0.25, 0.3) is 0 Å². The van der Waals surface area contributed by atoms with Gasteiger partial charge in [0.15, 0.2) is 0 Å². The molecule has 160 valence electrons. The van der Waals surface area contributed by atoms with E-state index in [1.807, 2.05) is 37.8 Å². The van der Waals surface area contributed by atoms with Crippen LogP contribution < -0.4 is 0 Å². The summed E-state index contributed by atoms with van der Waals surface area (Å²) in [5.41, 5.74) is 0.520. The van der Waals surface area contributed by atoms with Gasteiger partial charge in [-0.3, -0.25) is 9.69 Å². The molecule has 6 heteroatoms. The second kappa shape index (κ2) is 9.14. The van der Waals surface area contributed by atoms with Crippen molar-refractivity contribution in [2.45, 2.75) is 70.9 Å². The van der Waals surface area contributed by atoms with E-state index in [2.05, 4.69) is 0 Å². The summed E-state index contributed by atoms with van der Waals surface area (Å²) < 4.78 is 18.7. The first kappa shape index (κ1) is 21.6. The molecule has 0 N–H and O–H groups in total. The fourth-order valence-corrected chi connectivity index (χ4v) is 4.32. The van der Waals surface area contributed by atoms with Crippen molar-refractivity contribution in [3.8, 4) is 0 Å². The molecule has 5 nitrogen and oxygen atoms in total. The Morgan fingerprint density at radius 3 is 2.48 bits per heavy atom. The Labute approximate surface area is 173 Å². The molecule has 2 aliphatic rings. The quantitative estimate of drug-likeness (QED) is 0.750. The molecule has 0 spiro atoms. The largest absolute Gasteiger partial charge is 0.444 e. The molecule has 0 saturated carbocycles. The third-order valence-corrected chi connectivity index (χ3v) is 5.68. The van der Waals surface area contributed by atoms with Crippen LogP contribution in [0.15, 0.2) is 24.3 Å². The van der Waals surface area contributed by atoms with Crippen LogP contribution in [-0.4, -0.2) is 53.1 Å². The lowest BCUT2D eigenvalue weighted by Crippen LogP contribution is -2.55. The van der Waals surface area contributed by atoms with E-state index in [1.165, 1.54) is 12.1 Å². The predicted octanol–water partition coefficient (Wildman–Crippen LogP) is 4.40. The molecule has 1 aromatic rings. The van der Waals surface area contributed by atoms with Crippen LogP contribution in [0.2, 0.25) is 0 Å². The van der Waals surface area contributed by atoms with Crippen LogP contribution in [0.3, 0.4) is 0 Å². The molecule has 2 amide bonds. The first-order valence-electron chi connectivity index (χ1n) is 10.8. The predicted molar refractivity (Wildman–Crippen MR) is 110 cm³/mol. The highest BCUT2D eigenvalue weighted by Crippen LogP contribution is 2.26. The first-order chi connectivity index (χ1) is 13.7. The number of likely N-dealkylation sites (tertiary alicyclic amines) is 2. The summed E-state index contributed by atoms with van der Waals surface area (Å²) in [6.45, 7) is 7.52. The Balaban J connectivity index is 1.64. The van der Waals surface area contributed by atoms with E-state index in [-0.39, 0.29) is 11.7 Å². The van der Waals surface area contributed by atoms with Crippen molar-refractivity contribution in [2.24, 2.45) is 5.92 Å². The number of halogens is 1. The molecule has 2 saturated heterocycles. The van der Waals surface area contributed by atoms with Crippen LogP contribution in [0.1, 0.15) is 58.4 Å². The summed E-state index contributed by atoms with van der Waals surface area (Å²) in [5.74, 6) is 0.171. The maximum absolute atomic E-state index is 13.3. The van der Waals surface area contributed by atoms with Crippen molar-refractivity contribution in [2.75, 3.05) is 19.6 Å². The van der Waals surface area contributed by atoms with Crippen LogP contribution in [-0.2, 0) is 16.0 Å². The fourth-order valence-electron chi connectivity index (χ4n) is 4.32. The van der Waals surface area contributed by atoms with E-state index in [1.54, 1.807) is 4.90 Å². The van der Waals surface area contributed by atoms with Gasteiger partial charge in [-0.15, -0.1) is 0 Å². The molecule has 0 bridgehead atoms. The molecular weight excluding hydrogens is 371 g/mol. The third kappa shape index (κ3) is 5.94. The lowest BCUT2D eigenvalue weighted by molar-refractivity contribution is -0.140. The van der Waals surface area contributed by atoms with Gasteiger partial charge in [-0.1, -0.05) is 12.1 Å². The molecule has 2 atom stereocenters. The minimum atomic E-state index is -0.576. The number of amides is 2. The highest BCUT2D eigenvalue weighted by molar-refractivity contribution is 5.86. The Bertz CT molecular complexity index is 714. The van der Waals surface area contributed by atoms with Crippen LogP contribution >= 0.6 is 0 Å². The van der Waals surface area contributed by atoms with Gasteiger partial charge in [0.05, 0.1) is 0 Å². The van der Waals surface area contributed by atoms with E-state index in [0.29, 0.717) is 25.4 Å². The average Bonchev–Trinajstić information content (AvgIpc) is 2.68. The van der Waals surface area contributed by atoms with Crippen molar-refractivity contribution in [3.63, 3.8) is 0 Å². The second-order valence-electron chi connectivity index (χ2n) is 9.31. The second-order valence-corrected chi connectivity index (χ2v) is 9.31. The van der Waals surface area contributed by atoms with Gasteiger partial charge < -0.3 is 9.64 Å². The lowest BCUT2D eigenvalue weighted by Gasteiger charge is -2.40. The number of hydrogen-bond acceptors (Lipinski definition) is 3. The highest BCUT2D eigenvalue weighted by Gasteiger charge is 2.38. The minimum absolute atomic E-state index is 0.0411. The van der Waals surface area contributed by atoms with Crippen molar-refractivity contribution in [3.05, 3.63) is 35.6 Å². The smallest absolute Gasteiger partial charge is 0.410 e. The van der Waals surface area contributed by atoms with Crippen molar-refractivity contribution >= 4 is 12.0 Å². The zero-order valence-corrected chi connectivity index (χ0v) is 17.8. The van der Waals surface area contributed by atoms with Gasteiger partial charge in [-0.25, -0.2) is 9.18 Å². The number of hydrogen-bond donors (Lipinski definition) is 0. The average molecular weight is 405 g/mol. The maximum Gasteiger partial charge on any atom is 0.410 e. The fraction of sp³-hybridized carbons (Fsp3) is 0.652. The number of nitrogens with zero attached hydrogens (tertiary/aromatic N) is 2. The molecule has 2 aliphatic heterocycles. The Hall–Kier alpha value is -2.11. The number of carbonyl (C=O) groups excluding carboxylic acids is 2. The van der Waals surface area contributed by atoms with Crippen LogP contribution in [0, 0.1) is 11.7 Å². The van der Waals surface area contributed by atoms with Crippen LogP contribution in [0.4, 0.5) is 9.18 Å². The SMILES string of the molecule is CC(C)(C)OC(=O)N1CCCC[C@H]1C(=O)N1CCCC(Cc2ccc(F)cc2)C1. The zero-order chi connectivity index (χ0) is 21.0. The maximum atomic E-state index is 13.3. The van der Waals surface area contributed by atoms with E-state index in [4.69, 9.17) is 4.74 Å². The number of benzene rings is 1. The lowest BCUT2D eigenvalue weighted by atomic mass is 9.90. The van der Waals surface area contributed by atoms with Gasteiger partial charge in [-0.05, 0) is 82.9 Å². The summed E-state index contributed by atoms with van der Waals surface area (Å²) >= 11 is 0. The zero-order valence-electron chi connectivity index (χ0n) is 17.8. The molecule has 2 heterocycles. The molecule has 3 rings (SSSR count). The van der Waals surface area contributed by atoms with Gasteiger partial charge in [0.2, 0.25) is 5.91 Å². The summed E-state index contributed by atoms with van der Waals surface area (Å²) in [6, 6.07) is 6.19. The monoisotopic (exact) mass is 404 g/mol. The number of ether oxygens (including phenoxy) is 1. The minimum Gasteiger partial charge on any atom is -0.444 e. The molecule has 0 aliphatic carbocycles. The van der Waals surface area contributed by atoms with E-state index < -0.39 is 17.7 Å². The summed E-state index contributed by atoms with van der Waals surface area (Å²) in [6.07, 6.45) is 4.99. The van der Waals surface area contributed by atoms with Gasteiger partial charge in [-0.2, -0.15) is 0 Å². The number of rotatable bonds is 3. The van der Waals surface area contributed by atoms with Crippen molar-refractivity contribution in [1.82, 2.24) is 9.80 Å². The highest BCUT2D eigenvalue weighted by atomic mass is 19.1. The molecule has 1 aromatic carbocycles. The standard InChI is InChI=1S/C23H33FN2O3/c1-23(2,3)29-22(28)26-14-5-4-8-20(26)21(27)25-13-6-7-18(16-25)15-17-9-11-19(24)12-10-17/h9-12,18,20H,4-8,13-16H2,1-3H3/t18?,20-/m0/s1. The van der Waals surface area contributed by atoms with E-state index in [9.17, 15) is 14.0 Å². The number of piperidine rings is 2. The van der Waals surface area contributed by atoms with Crippen molar-refractivity contribution in [1.29, 1.82) is 0 Å². The van der Waals surface area contributed by atoms with Gasteiger partial charge >= 0.3 is 6.09 Å². The molecule has 1 unspecified atom stereocenters. The van der Waals surface area contributed by atoms with Crippen LogP contribution in [0.5, 0.6) is 0 Å². The molecule has 2 fully saturated rings. The van der Waals surface area contributed by atoms with E-state index in [0.717, 1.165) is 44.2 Å². The molecule has 0 radical (unpaired) electrons. The number of carbonyl (C=O) groups is 2. The Morgan fingerprint density at radius 2 is 1.79 bits per heavy atom. The van der Waals surface area contributed by atoms with Gasteiger partial charge in [0.1, 0.15) is 17.5 Å². The first-order valence-corrected chi connectivity index (χ1v) is 10.8.